The molecule has 0 aromatic heterocycles. The second-order valence-electron chi connectivity index (χ2n) is 20.4. The number of unbranched alkanes of at least 4 members (excludes halogenated alkanes) is 33. The van der Waals surface area contributed by atoms with Gasteiger partial charge >= 0.3 is 5.97 Å². The summed E-state index contributed by atoms with van der Waals surface area (Å²) in [5, 5.41) is 23.9. The maximum absolute atomic E-state index is 13.3. The molecular weight excluding hydrogens is 851 g/mol. The lowest BCUT2D eigenvalue weighted by Crippen LogP contribution is -2.46. The SMILES string of the molecule is CCCCC/C=C\C/C=C\C/C=C\CCCCCCCCC(=O)OC(CCCCC/C=C/C=C/CCCCCCCCC)CC(=O)NC(CO)C(O)CCCCCCCCCCCCCCCCC. The van der Waals surface area contributed by atoms with Gasteiger partial charge in [0.25, 0.3) is 0 Å². The summed E-state index contributed by atoms with van der Waals surface area (Å²) in [6.07, 6.45) is 71.4. The van der Waals surface area contributed by atoms with E-state index in [9.17, 15) is 19.8 Å². The Morgan fingerprint density at radius 1 is 0.435 bits per heavy atom. The first-order valence-corrected chi connectivity index (χ1v) is 30.0. The zero-order chi connectivity index (χ0) is 50.2. The molecule has 1 amide bonds. The van der Waals surface area contributed by atoms with Crippen molar-refractivity contribution in [2.24, 2.45) is 0 Å². The number of carbonyl (C=O) groups excluding carboxylic acids is 2. The van der Waals surface area contributed by atoms with Gasteiger partial charge in [-0.05, 0) is 89.9 Å². The van der Waals surface area contributed by atoms with Gasteiger partial charge in [-0.2, -0.15) is 0 Å². The minimum absolute atomic E-state index is 0.0542. The van der Waals surface area contributed by atoms with Crippen LogP contribution in [0.4, 0.5) is 0 Å². The molecule has 6 heteroatoms. The van der Waals surface area contributed by atoms with E-state index in [2.05, 4.69) is 86.8 Å². The summed E-state index contributed by atoms with van der Waals surface area (Å²) in [7, 11) is 0. The predicted octanol–water partition coefficient (Wildman–Crippen LogP) is 18.7. The summed E-state index contributed by atoms with van der Waals surface area (Å²) >= 11 is 0. The molecular formula is C63H115NO5. The monoisotopic (exact) mass is 966 g/mol. The molecule has 69 heavy (non-hydrogen) atoms. The van der Waals surface area contributed by atoms with Crippen LogP contribution in [0.25, 0.3) is 0 Å². The molecule has 3 unspecified atom stereocenters. The average molecular weight is 967 g/mol. The lowest BCUT2D eigenvalue weighted by Gasteiger charge is -2.24. The van der Waals surface area contributed by atoms with Crippen molar-refractivity contribution in [2.45, 2.75) is 322 Å². The van der Waals surface area contributed by atoms with Gasteiger partial charge in [0.05, 0.1) is 25.2 Å². The molecule has 0 saturated carbocycles. The molecule has 0 heterocycles. The van der Waals surface area contributed by atoms with E-state index in [1.54, 1.807) is 0 Å². The number of nitrogens with one attached hydrogen (secondary N) is 1. The fourth-order valence-corrected chi connectivity index (χ4v) is 9.02. The van der Waals surface area contributed by atoms with Crippen molar-refractivity contribution in [2.75, 3.05) is 6.61 Å². The number of rotatable bonds is 54. The number of ether oxygens (including phenoxy) is 1. The lowest BCUT2D eigenvalue weighted by molar-refractivity contribution is -0.151. The normalized spacial score (nSPS) is 13.5. The van der Waals surface area contributed by atoms with Gasteiger partial charge in [0.2, 0.25) is 5.91 Å². The van der Waals surface area contributed by atoms with Gasteiger partial charge in [0, 0.05) is 6.42 Å². The fraction of sp³-hybridized carbons (Fsp3) is 0.810. The van der Waals surface area contributed by atoms with Crippen molar-refractivity contribution < 1.29 is 24.5 Å². The number of hydrogen-bond donors (Lipinski definition) is 3. The van der Waals surface area contributed by atoms with Crippen molar-refractivity contribution in [3.8, 4) is 0 Å². The van der Waals surface area contributed by atoms with Gasteiger partial charge in [-0.1, -0.05) is 261 Å². The highest BCUT2D eigenvalue weighted by molar-refractivity contribution is 5.77. The van der Waals surface area contributed by atoms with Gasteiger partial charge < -0.3 is 20.3 Å². The van der Waals surface area contributed by atoms with Crippen LogP contribution in [-0.2, 0) is 14.3 Å². The van der Waals surface area contributed by atoms with Crippen LogP contribution < -0.4 is 5.32 Å². The number of carbonyl (C=O) groups is 2. The molecule has 0 aliphatic rings. The quantitative estimate of drug-likeness (QED) is 0.0244. The minimum atomic E-state index is -0.800. The van der Waals surface area contributed by atoms with Crippen molar-refractivity contribution in [3.63, 3.8) is 0 Å². The molecule has 0 fully saturated rings. The maximum Gasteiger partial charge on any atom is 0.306 e. The third-order valence-corrected chi connectivity index (χ3v) is 13.6. The van der Waals surface area contributed by atoms with Crippen molar-refractivity contribution in [3.05, 3.63) is 60.8 Å². The zero-order valence-electron chi connectivity index (χ0n) is 45.9. The van der Waals surface area contributed by atoms with Crippen LogP contribution in [0.5, 0.6) is 0 Å². The van der Waals surface area contributed by atoms with Crippen LogP contribution in [0.3, 0.4) is 0 Å². The van der Waals surface area contributed by atoms with Crippen LogP contribution in [0.2, 0.25) is 0 Å². The third-order valence-electron chi connectivity index (χ3n) is 13.6. The molecule has 0 aliphatic heterocycles. The van der Waals surface area contributed by atoms with Crippen molar-refractivity contribution >= 4 is 11.9 Å². The highest BCUT2D eigenvalue weighted by atomic mass is 16.5. The summed E-state index contributed by atoms with van der Waals surface area (Å²) in [6.45, 7) is 6.47. The van der Waals surface area contributed by atoms with Crippen LogP contribution in [0, 0.1) is 0 Å². The van der Waals surface area contributed by atoms with Crippen molar-refractivity contribution in [1.29, 1.82) is 0 Å². The highest BCUT2D eigenvalue weighted by Gasteiger charge is 2.24. The molecule has 402 valence electrons. The molecule has 0 aliphatic carbocycles. The summed E-state index contributed by atoms with van der Waals surface area (Å²) in [5.41, 5.74) is 0. The maximum atomic E-state index is 13.3. The van der Waals surface area contributed by atoms with E-state index in [4.69, 9.17) is 4.74 Å². The first-order chi connectivity index (χ1) is 34.0. The molecule has 3 atom stereocenters. The Kier molecular flexibility index (Phi) is 54.5. The van der Waals surface area contributed by atoms with E-state index in [0.717, 1.165) is 89.9 Å². The smallest absolute Gasteiger partial charge is 0.306 e. The number of allylic oxidation sites excluding steroid dienone is 10. The Balaban J connectivity index is 4.61. The van der Waals surface area contributed by atoms with Crippen LogP contribution in [0.1, 0.15) is 303 Å². The molecule has 0 radical (unpaired) electrons. The number of aliphatic hydroxyl groups is 2. The molecule has 0 bridgehead atoms. The first kappa shape index (κ1) is 66.6. The summed E-state index contributed by atoms with van der Waals surface area (Å²) in [5.74, 6) is -0.506. The fourth-order valence-electron chi connectivity index (χ4n) is 9.02. The molecule has 0 saturated heterocycles. The summed E-state index contributed by atoms with van der Waals surface area (Å²) < 4.78 is 5.95. The molecule has 0 aromatic carbocycles. The Hall–Kier alpha value is -2.44. The molecule has 0 spiro atoms. The van der Waals surface area contributed by atoms with E-state index >= 15 is 0 Å². The predicted molar refractivity (Wildman–Crippen MR) is 301 cm³/mol. The topological polar surface area (TPSA) is 95.9 Å². The number of aliphatic hydroxyl groups excluding tert-OH is 2. The second kappa shape index (κ2) is 56.5. The van der Waals surface area contributed by atoms with E-state index in [0.29, 0.717) is 19.3 Å². The van der Waals surface area contributed by atoms with Gasteiger partial charge in [0.15, 0.2) is 0 Å². The largest absolute Gasteiger partial charge is 0.462 e. The van der Waals surface area contributed by atoms with Crippen LogP contribution >= 0.6 is 0 Å². The lowest BCUT2D eigenvalue weighted by atomic mass is 10.0. The number of amides is 1. The number of esters is 1. The Bertz CT molecular complexity index is 1220. The molecule has 0 aromatic rings. The van der Waals surface area contributed by atoms with Gasteiger partial charge in [-0.15, -0.1) is 0 Å². The Morgan fingerprint density at radius 2 is 0.783 bits per heavy atom. The Labute approximate surface area is 428 Å². The molecule has 6 nitrogen and oxygen atoms in total. The average Bonchev–Trinajstić information content (AvgIpc) is 3.34. The van der Waals surface area contributed by atoms with E-state index in [1.807, 2.05) is 0 Å². The summed E-state index contributed by atoms with van der Waals surface area (Å²) in [4.78, 5) is 26.3. The molecule has 3 N–H and O–H groups in total. The Morgan fingerprint density at radius 3 is 1.25 bits per heavy atom. The highest BCUT2D eigenvalue weighted by Crippen LogP contribution is 2.18. The zero-order valence-corrected chi connectivity index (χ0v) is 45.9. The first-order valence-electron chi connectivity index (χ1n) is 30.0. The third kappa shape index (κ3) is 51.7. The standard InChI is InChI=1S/C63H115NO5/c1-4-7-10-13-16-19-22-25-28-30-31-32-35-38-41-44-47-50-53-56-63(68)69-59(54-51-48-45-42-39-36-34-29-26-23-20-17-14-11-8-5-2)57-62(67)64-60(58-65)61(66)55-52-49-46-43-40-37-33-27-24-21-18-15-12-9-6-3/h16,19,25,28-29,31-32,34,36,39,59-61,65-66H,4-15,17-18,20-24,26-27,30,33,35,37-38,40-58H2,1-3H3,(H,64,67)/b19-16-,28-25-,32-31-,34-29+,39-36+. The van der Waals surface area contributed by atoms with Crippen LogP contribution in [0.15, 0.2) is 60.8 Å². The van der Waals surface area contributed by atoms with E-state index < -0.39 is 18.2 Å². The minimum Gasteiger partial charge on any atom is -0.462 e. The van der Waals surface area contributed by atoms with Gasteiger partial charge in [-0.25, -0.2) is 0 Å². The molecule has 0 rings (SSSR count). The van der Waals surface area contributed by atoms with Crippen molar-refractivity contribution in [1.82, 2.24) is 5.32 Å². The van der Waals surface area contributed by atoms with E-state index in [-0.39, 0.29) is 24.9 Å². The number of hydrogen-bond acceptors (Lipinski definition) is 5. The van der Waals surface area contributed by atoms with Gasteiger partial charge in [0.1, 0.15) is 6.10 Å². The second-order valence-corrected chi connectivity index (χ2v) is 20.4. The van der Waals surface area contributed by atoms with E-state index in [1.165, 1.54) is 167 Å². The van der Waals surface area contributed by atoms with Crippen LogP contribution in [-0.4, -0.2) is 46.9 Å². The van der Waals surface area contributed by atoms with Gasteiger partial charge in [-0.3, -0.25) is 9.59 Å². The summed E-state index contributed by atoms with van der Waals surface area (Å²) in [6, 6.07) is -0.715.